The monoisotopic (exact) mass is 285 g/mol. The van der Waals surface area contributed by atoms with Gasteiger partial charge in [0.25, 0.3) is 0 Å². The Morgan fingerprint density at radius 3 is 2.25 bits per heavy atom. The van der Waals surface area contributed by atoms with Crippen LogP contribution in [0.4, 0.5) is 0 Å². The highest BCUT2D eigenvalue weighted by Crippen LogP contribution is 2.42. The van der Waals surface area contributed by atoms with Crippen molar-refractivity contribution in [1.29, 1.82) is 0 Å². The summed E-state index contributed by atoms with van der Waals surface area (Å²) in [5.41, 5.74) is -0.447. The first-order valence-corrected chi connectivity index (χ1v) is 7.18. The van der Waals surface area contributed by atoms with E-state index in [0.717, 1.165) is 0 Å². The van der Waals surface area contributed by atoms with E-state index in [-0.39, 0.29) is 30.8 Å². The highest BCUT2D eigenvalue weighted by Gasteiger charge is 2.40. The lowest BCUT2D eigenvalue weighted by Gasteiger charge is -2.36. The molecule has 0 bridgehead atoms. The lowest BCUT2D eigenvalue weighted by atomic mass is 9.68. The number of nitrogens with zero attached hydrogens (tertiary/aromatic N) is 1. The topological polar surface area (TPSA) is 82.0 Å². The Morgan fingerprint density at radius 1 is 1.15 bits per heavy atom. The minimum Gasteiger partial charge on any atom is -0.466 e. The fourth-order valence-electron chi connectivity index (χ4n) is 2.77. The van der Waals surface area contributed by atoms with Crippen molar-refractivity contribution < 1.29 is 19.1 Å². The number of esters is 2. The average Bonchev–Trinajstić information content (AvgIpc) is 2.40. The van der Waals surface area contributed by atoms with E-state index >= 15 is 0 Å². The molecule has 1 aliphatic carbocycles. The molecule has 6 nitrogen and oxygen atoms in total. The van der Waals surface area contributed by atoms with E-state index in [1.807, 2.05) is 0 Å². The van der Waals surface area contributed by atoms with Crippen LogP contribution >= 0.6 is 0 Å². The predicted octanol–water partition coefficient (Wildman–Crippen LogP) is 2.45. The number of ether oxygens (including phenoxy) is 2. The van der Waals surface area contributed by atoms with E-state index < -0.39 is 5.41 Å². The summed E-state index contributed by atoms with van der Waals surface area (Å²) in [6.45, 7) is 4.33. The molecule has 0 amide bonds. The molecule has 1 rings (SSSR count). The van der Waals surface area contributed by atoms with Crippen molar-refractivity contribution in [3.05, 3.63) is 4.91 Å². The Kier molecular flexibility index (Phi) is 6.61. The molecule has 0 heterocycles. The number of carbonyl (C=O) groups is 2. The molecule has 6 heteroatoms. The molecule has 0 aromatic heterocycles. The zero-order valence-corrected chi connectivity index (χ0v) is 12.2. The number of rotatable bonds is 7. The summed E-state index contributed by atoms with van der Waals surface area (Å²) in [4.78, 5) is 34.0. The van der Waals surface area contributed by atoms with Crippen molar-refractivity contribution in [2.75, 3.05) is 19.8 Å². The van der Waals surface area contributed by atoms with Crippen LogP contribution in [0.3, 0.4) is 0 Å². The maximum atomic E-state index is 11.7. The van der Waals surface area contributed by atoms with Gasteiger partial charge < -0.3 is 9.47 Å². The summed E-state index contributed by atoms with van der Waals surface area (Å²) in [5.74, 6) is -0.612. The number of hydrogen-bond donors (Lipinski definition) is 0. The molecule has 1 fully saturated rings. The molecule has 0 radical (unpaired) electrons. The first kappa shape index (κ1) is 16.6. The van der Waals surface area contributed by atoms with Crippen molar-refractivity contribution in [2.45, 2.75) is 46.0 Å². The Morgan fingerprint density at radius 2 is 1.75 bits per heavy atom. The Labute approximate surface area is 119 Å². The highest BCUT2D eigenvalue weighted by atomic mass is 16.5. The fourth-order valence-corrected chi connectivity index (χ4v) is 2.77. The second kappa shape index (κ2) is 7.97. The van der Waals surface area contributed by atoms with E-state index in [0.29, 0.717) is 38.9 Å². The minimum absolute atomic E-state index is 0.0986. The van der Waals surface area contributed by atoms with Gasteiger partial charge in [0, 0.05) is 5.41 Å². The molecule has 1 saturated carbocycles. The molecule has 114 valence electrons. The van der Waals surface area contributed by atoms with Gasteiger partial charge in [-0.15, -0.1) is 0 Å². The van der Waals surface area contributed by atoms with Crippen LogP contribution in [0.2, 0.25) is 0 Å². The first-order valence-electron chi connectivity index (χ1n) is 7.18. The normalized spacial score (nSPS) is 25.8. The molecule has 20 heavy (non-hydrogen) atoms. The van der Waals surface area contributed by atoms with Gasteiger partial charge in [-0.3, -0.25) is 9.59 Å². The van der Waals surface area contributed by atoms with Gasteiger partial charge in [-0.1, -0.05) is 5.18 Å². The van der Waals surface area contributed by atoms with Gasteiger partial charge in [0.15, 0.2) is 0 Å². The SMILES string of the molecule is CCOC(=O)CC1(CN=O)CCC(C(=O)OCC)CC1. The lowest BCUT2D eigenvalue weighted by molar-refractivity contribution is -0.151. The third-order valence-electron chi connectivity index (χ3n) is 3.89. The van der Waals surface area contributed by atoms with Crippen molar-refractivity contribution in [1.82, 2.24) is 0 Å². The fraction of sp³-hybridized carbons (Fsp3) is 0.857. The van der Waals surface area contributed by atoms with Crippen LogP contribution in [-0.2, 0) is 19.1 Å². The summed E-state index contributed by atoms with van der Waals surface area (Å²) in [7, 11) is 0. The minimum atomic E-state index is -0.447. The second-order valence-corrected chi connectivity index (χ2v) is 5.30. The average molecular weight is 285 g/mol. The molecule has 0 aromatic rings. The first-order chi connectivity index (χ1) is 9.56. The van der Waals surface area contributed by atoms with Crippen LogP contribution in [0.15, 0.2) is 5.18 Å². The zero-order chi connectivity index (χ0) is 15.0. The molecular weight excluding hydrogens is 262 g/mol. The molecule has 0 aromatic carbocycles. The molecule has 0 aliphatic heterocycles. The van der Waals surface area contributed by atoms with Crippen LogP contribution in [0, 0.1) is 16.2 Å². The van der Waals surface area contributed by atoms with Crippen LogP contribution in [0.1, 0.15) is 46.0 Å². The van der Waals surface area contributed by atoms with Gasteiger partial charge in [0.05, 0.1) is 32.1 Å². The number of hydrogen-bond acceptors (Lipinski definition) is 6. The van der Waals surface area contributed by atoms with Crippen molar-refractivity contribution in [3.8, 4) is 0 Å². The molecule has 0 atom stereocenters. The summed E-state index contributed by atoms with van der Waals surface area (Å²) in [6.07, 6.45) is 2.71. The van der Waals surface area contributed by atoms with Crippen LogP contribution in [0.5, 0.6) is 0 Å². The van der Waals surface area contributed by atoms with Gasteiger partial charge in [-0.05, 0) is 39.5 Å². The Balaban J connectivity index is 2.60. The van der Waals surface area contributed by atoms with Crippen LogP contribution in [0.25, 0.3) is 0 Å². The Hall–Kier alpha value is -1.46. The third-order valence-corrected chi connectivity index (χ3v) is 3.89. The van der Waals surface area contributed by atoms with Gasteiger partial charge in [0.2, 0.25) is 0 Å². The quantitative estimate of drug-likeness (QED) is 0.530. The van der Waals surface area contributed by atoms with Crippen molar-refractivity contribution in [2.24, 2.45) is 16.5 Å². The van der Waals surface area contributed by atoms with E-state index in [1.54, 1.807) is 13.8 Å². The predicted molar refractivity (Wildman–Crippen MR) is 72.9 cm³/mol. The van der Waals surface area contributed by atoms with E-state index in [4.69, 9.17) is 9.47 Å². The van der Waals surface area contributed by atoms with Gasteiger partial charge in [-0.25, -0.2) is 0 Å². The van der Waals surface area contributed by atoms with E-state index in [1.165, 1.54) is 0 Å². The molecular formula is C14H23NO5. The van der Waals surface area contributed by atoms with Crippen molar-refractivity contribution in [3.63, 3.8) is 0 Å². The van der Waals surface area contributed by atoms with E-state index in [9.17, 15) is 14.5 Å². The zero-order valence-electron chi connectivity index (χ0n) is 12.2. The molecule has 0 unspecified atom stereocenters. The van der Waals surface area contributed by atoms with Crippen LogP contribution in [-0.4, -0.2) is 31.7 Å². The molecule has 0 saturated heterocycles. The van der Waals surface area contributed by atoms with Crippen LogP contribution < -0.4 is 0 Å². The van der Waals surface area contributed by atoms with Gasteiger partial charge in [-0.2, -0.15) is 4.91 Å². The summed E-state index contributed by atoms with van der Waals surface area (Å²) in [5, 5.41) is 2.98. The van der Waals surface area contributed by atoms with Gasteiger partial charge >= 0.3 is 11.9 Å². The summed E-state index contributed by atoms with van der Waals surface area (Å²) >= 11 is 0. The second-order valence-electron chi connectivity index (χ2n) is 5.30. The smallest absolute Gasteiger partial charge is 0.308 e. The largest absolute Gasteiger partial charge is 0.466 e. The van der Waals surface area contributed by atoms with Crippen molar-refractivity contribution >= 4 is 11.9 Å². The number of nitroso groups, excluding NO2 is 1. The maximum Gasteiger partial charge on any atom is 0.308 e. The highest BCUT2D eigenvalue weighted by molar-refractivity contribution is 5.73. The summed E-state index contributed by atoms with van der Waals surface area (Å²) < 4.78 is 9.97. The third kappa shape index (κ3) is 4.58. The Bertz CT molecular complexity index is 347. The van der Waals surface area contributed by atoms with Gasteiger partial charge in [0.1, 0.15) is 0 Å². The molecule has 1 aliphatic rings. The maximum absolute atomic E-state index is 11.7. The molecule has 0 spiro atoms. The summed E-state index contributed by atoms with van der Waals surface area (Å²) in [6, 6.07) is 0. The van der Waals surface area contributed by atoms with E-state index in [2.05, 4.69) is 5.18 Å². The standard InChI is InChI=1S/C14H23NO5/c1-3-19-12(16)9-14(10-15-18)7-5-11(6-8-14)13(17)20-4-2/h11H,3-10H2,1-2H3. The number of carbonyl (C=O) groups excluding carboxylic acids is 2. The lowest BCUT2D eigenvalue weighted by Crippen LogP contribution is -2.35. The molecule has 0 N–H and O–H groups in total.